The minimum absolute atomic E-state index is 0.103. The van der Waals surface area contributed by atoms with Gasteiger partial charge in [-0.3, -0.25) is 20.4 Å². The lowest BCUT2D eigenvalue weighted by Gasteiger charge is -2.19. The van der Waals surface area contributed by atoms with Gasteiger partial charge in [-0.25, -0.2) is 0 Å². The second-order valence-corrected chi connectivity index (χ2v) is 4.61. The molecule has 0 aromatic carbocycles. The number of pyridine rings is 1. The summed E-state index contributed by atoms with van der Waals surface area (Å²) in [5.41, 5.74) is 9.11. The smallest absolute Gasteiger partial charge is 0.255 e. The lowest BCUT2D eigenvalue weighted by Crippen LogP contribution is -2.47. The van der Waals surface area contributed by atoms with Crippen molar-refractivity contribution in [1.82, 2.24) is 10.3 Å². The van der Waals surface area contributed by atoms with E-state index in [0.717, 1.165) is 5.69 Å². The molecule has 0 bridgehead atoms. The van der Waals surface area contributed by atoms with Crippen LogP contribution in [-0.4, -0.2) is 22.8 Å². The maximum absolute atomic E-state index is 12.1. The van der Waals surface area contributed by atoms with Gasteiger partial charge in [0.1, 0.15) is 6.04 Å². The third kappa shape index (κ3) is 3.65. The van der Waals surface area contributed by atoms with Crippen molar-refractivity contribution >= 4 is 17.5 Å². The number of rotatable bonds is 5. The van der Waals surface area contributed by atoms with E-state index >= 15 is 0 Å². The molecule has 0 spiro atoms. The number of primary amides is 1. The van der Waals surface area contributed by atoms with E-state index in [2.05, 4.69) is 15.7 Å². The van der Waals surface area contributed by atoms with Crippen molar-refractivity contribution in [3.63, 3.8) is 0 Å². The Balaban J connectivity index is 2.97. The second-order valence-electron chi connectivity index (χ2n) is 4.61. The van der Waals surface area contributed by atoms with Gasteiger partial charge in [0, 0.05) is 11.9 Å². The molecule has 1 heterocycles. The van der Waals surface area contributed by atoms with Gasteiger partial charge in [-0.05, 0) is 18.9 Å². The van der Waals surface area contributed by atoms with Gasteiger partial charge in [0.2, 0.25) is 5.91 Å². The first-order valence-corrected chi connectivity index (χ1v) is 5.90. The van der Waals surface area contributed by atoms with E-state index in [-0.39, 0.29) is 11.5 Å². The highest BCUT2D eigenvalue weighted by molar-refractivity contribution is 6.01. The first-order valence-electron chi connectivity index (χ1n) is 5.90. The molecule has 0 saturated carbocycles. The van der Waals surface area contributed by atoms with Gasteiger partial charge < -0.3 is 16.5 Å². The average Bonchev–Trinajstić information content (AvgIpc) is 2.34. The minimum Gasteiger partial charge on any atom is -0.368 e. The van der Waals surface area contributed by atoms with Gasteiger partial charge in [0.25, 0.3) is 5.91 Å². The molecule has 0 aliphatic rings. The molecule has 1 atom stereocenters. The molecule has 7 nitrogen and oxygen atoms in total. The summed E-state index contributed by atoms with van der Waals surface area (Å²) in [6.07, 6.45) is 1.40. The van der Waals surface area contributed by atoms with E-state index in [9.17, 15) is 9.59 Å². The lowest BCUT2D eigenvalue weighted by molar-refractivity contribution is -0.120. The summed E-state index contributed by atoms with van der Waals surface area (Å²) in [5, 5.41) is 2.58. The molecule has 1 aromatic heterocycles. The van der Waals surface area contributed by atoms with Crippen LogP contribution < -0.4 is 22.3 Å². The van der Waals surface area contributed by atoms with E-state index in [1.807, 2.05) is 0 Å². The number of aromatic nitrogens is 1. The van der Waals surface area contributed by atoms with Crippen LogP contribution in [0.2, 0.25) is 0 Å². The molecule has 104 valence electrons. The lowest BCUT2D eigenvalue weighted by atomic mass is 10.0. The van der Waals surface area contributed by atoms with Crippen molar-refractivity contribution in [1.29, 1.82) is 0 Å². The molecule has 0 fully saturated rings. The number of hydrogen-bond acceptors (Lipinski definition) is 5. The predicted octanol–water partition coefficient (Wildman–Crippen LogP) is -0.0847. The summed E-state index contributed by atoms with van der Waals surface area (Å²) >= 11 is 0. The zero-order chi connectivity index (χ0) is 14.6. The fourth-order valence-electron chi connectivity index (χ4n) is 1.65. The number of aryl methyl sites for hydroxylation is 1. The van der Waals surface area contributed by atoms with Gasteiger partial charge in [-0.2, -0.15) is 0 Å². The number of carbonyl (C=O) groups is 2. The van der Waals surface area contributed by atoms with Crippen LogP contribution in [0.25, 0.3) is 0 Å². The summed E-state index contributed by atoms with van der Waals surface area (Å²) in [6.45, 7) is 5.37. The van der Waals surface area contributed by atoms with Crippen LogP contribution in [0, 0.1) is 12.8 Å². The number of hydrogen-bond donors (Lipinski definition) is 4. The van der Waals surface area contributed by atoms with Gasteiger partial charge in [0.05, 0.1) is 11.3 Å². The third-order valence-electron chi connectivity index (χ3n) is 2.70. The third-order valence-corrected chi connectivity index (χ3v) is 2.70. The summed E-state index contributed by atoms with van der Waals surface area (Å²) in [4.78, 5) is 27.4. The molecular formula is C12H19N5O2. The number of hydrazine groups is 1. The summed E-state index contributed by atoms with van der Waals surface area (Å²) in [7, 11) is 0. The molecule has 19 heavy (non-hydrogen) atoms. The van der Waals surface area contributed by atoms with E-state index in [1.54, 1.807) is 26.8 Å². The SMILES string of the molecule is Cc1cc(NN)c(C(=O)NC(C(N)=O)C(C)C)cn1. The van der Waals surface area contributed by atoms with Crippen LogP contribution in [0.3, 0.4) is 0 Å². The van der Waals surface area contributed by atoms with Crippen molar-refractivity contribution < 1.29 is 9.59 Å². The van der Waals surface area contributed by atoms with E-state index in [1.165, 1.54) is 6.20 Å². The standard InChI is InChI=1S/C12H19N5O2/c1-6(2)10(11(13)18)16-12(19)8-5-15-7(3)4-9(8)17-14/h4-6,10H,14H2,1-3H3,(H2,13,18)(H,15,17)(H,16,19). The Morgan fingerprint density at radius 2 is 2.00 bits per heavy atom. The van der Waals surface area contributed by atoms with Crippen molar-refractivity contribution in [2.75, 3.05) is 5.43 Å². The zero-order valence-electron chi connectivity index (χ0n) is 11.2. The van der Waals surface area contributed by atoms with Crippen LogP contribution >= 0.6 is 0 Å². The van der Waals surface area contributed by atoms with Crippen LogP contribution in [0.15, 0.2) is 12.3 Å². The van der Waals surface area contributed by atoms with Crippen molar-refractivity contribution in [2.24, 2.45) is 17.5 Å². The zero-order valence-corrected chi connectivity index (χ0v) is 11.2. The largest absolute Gasteiger partial charge is 0.368 e. The fourth-order valence-corrected chi connectivity index (χ4v) is 1.65. The average molecular weight is 265 g/mol. The van der Waals surface area contributed by atoms with Crippen molar-refractivity contribution in [3.05, 3.63) is 23.5 Å². The number of nitrogen functional groups attached to an aromatic ring is 1. The van der Waals surface area contributed by atoms with E-state index in [4.69, 9.17) is 11.6 Å². The van der Waals surface area contributed by atoms with Crippen LogP contribution in [0.4, 0.5) is 5.69 Å². The Morgan fingerprint density at radius 1 is 1.37 bits per heavy atom. The predicted molar refractivity (Wildman–Crippen MR) is 72.1 cm³/mol. The first-order chi connectivity index (χ1) is 8.86. The van der Waals surface area contributed by atoms with Crippen molar-refractivity contribution in [2.45, 2.75) is 26.8 Å². The van der Waals surface area contributed by atoms with Crippen LogP contribution in [-0.2, 0) is 4.79 Å². The summed E-state index contributed by atoms with van der Waals surface area (Å²) in [5.74, 6) is 4.23. The van der Waals surface area contributed by atoms with Gasteiger partial charge in [0.15, 0.2) is 0 Å². The number of nitrogens with zero attached hydrogens (tertiary/aromatic N) is 1. The highest BCUT2D eigenvalue weighted by atomic mass is 16.2. The maximum atomic E-state index is 12.1. The molecule has 7 heteroatoms. The first kappa shape index (κ1) is 14.9. The molecule has 2 amide bonds. The molecule has 1 unspecified atom stereocenters. The quantitative estimate of drug-likeness (QED) is 0.438. The van der Waals surface area contributed by atoms with Gasteiger partial charge in [-0.15, -0.1) is 0 Å². The summed E-state index contributed by atoms with van der Waals surface area (Å²) < 4.78 is 0. The molecule has 6 N–H and O–H groups in total. The van der Waals surface area contributed by atoms with Gasteiger partial charge in [-0.1, -0.05) is 13.8 Å². The monoisotopic (exact) mass is 265 g/mol. The van der Waals surface area contributed by atoms with Gasteiger partial charge >= 0.3 is 0 Å². The summed E-state index contributed by atoms with van der Waals surface area (Å²) in [6, 6.07) is 0.906. The number of anilines is 1. The van der Waals surface area contributed by atoms with E-state index < -0.39 is 17.9 Å². The Kier molecular flexibility index (Phi) is 4.82. The molecule has 0 aliphatic heterocycles. The minimum atomic E-state index is -0.737. The normalized spacial score (nSPS) is 12.1. The Bertz CT molecular complexity index is 487. The Morgan fingerprint density at radius 3 is 2.47 bits per heavy atom. The second kappa shape index (κ2) is 6.14. The number of nitrogens with two attached hydrogens (primary N) is 2. The topological polar surface area (TPSA) is 123 Å². The molecule has 1 aromatic rings. The van der Waals surface area contributed by atoms with Crippen LogP contribution in [0.1, 0.15) is 29.9 Å². The maximum Gasteiger partial charge on any atom is 0.255 e. The van der Waals surface area contributed by atoms with Crippen molar-refractivity contribution in [3.8, 4) is 0 Å². The van der Waals surface area contributed by atoms with E-state index in [0.29, 0.717) is 5.69 Å². The fraction of sp³-hybridized carbons (Fsp3) is 0.417. The Hall–Kier alpha value is -2.15. The number of nitrogens with one attached hydrogen (secondary N) is 2. The molecule has 0 radical (unpaired) electrons. The Labute approximate surface area is 111 Å². The highest BCUT2D eigenvalue weighted by Gasteiger charge is 2.23. The molecule has 0 saturated heterocycles. The molecular weight excluding hydrogens is 246 g/mol. The molecule has 1 rings (SSSR count). The van der Waals surface area contributed by atoms with Crippen LogP contribution in [0.5, 0.6) is 0 Å². The highest BCUT2D eigenvalue weighted by Crippen LogP contribution is 2.15. The number of amides is 2. The number of carbonyl (C=O) groups excluding carboxylic acids is 2. The molecule has 0 aliphatic carbocycles.